The van der Waals surface area contributed by atoms with Gasteiger partial charge in [-0.2, -0.15) is 0 Å². The standard InChI is InChI=1S/C29H30F2N2O4/c1-3-18-5-4-6-19(9-18)16-32-17-26(34)25(12-20-10-22(30)14-23(31)11-20)33-29(35)28-13-21-7-8-24(36-2)15-27(21)37-28/h4-11,13-15,25-26,32,34H,3,12,16-17H2,1-2H3,(H,33,35)/t25-,26-/m0/s1. The molecule has 194 valence electrons. The molecule has 4 rings (SSSR count). The van der Waals surface area contributed by atoms with Crippen molar-refractivity contribution in [3.05, 3.63) is 101 Å². The Morgan fingerprint density at radius 3 is 2.49 bits per heavy atom. The summed E-state index contributed by atoms with van der Waals surface area (Å²) < 4.78 is 38.5. The number of fused-ring (bicyclic) bond motifs is 1. The van der Waals surface area contributed by atoms with Gasteiger partial charge in [-0.1, -0.05) is 31.2 Å². The van der Waals surface area contributed by atoms with Gasteiger partial charge in [0.25, 0.3) is 5.91 Å². The first-order valence-electron chi connectivity index (χ1n) is 12.1. The summed E-state index contributed by atoms with van der Waals surface area (Å²) in [5.41, 5.74) is 3.07. The Hall–Kier alpha value is -3.75. The fourth-order valence-corrected chi connectivity index (χ4v) is 4.22. The zero-order valence-electron chi connectivity index (χ0n) is 20.8. The van der Waals surface area contributed by atoms with Crippen LogP contribution in [-0.4, -0.2) is 36.8 Å². The van der Waals surface area contributed by atoms with E-state index in [1.807, 2.05) is 12.1 Å². The predicted molar refractivity (Wildman–Crippen MR) is 138 cm³/mol. The zero-order chi connectivity index (χ0) is 26.4. The molecule has 3 aromatic carbocycles. The van der Waals surface area contributed by atoms with Crippen LogP contribution in [-0.2, 0) is 19.4 Å². The first-order valence-corrected chi connectivity index (χ1v) is 12.1. The van der Waals surface area contributed by atoms with Gasteiger partial charge in [-0.25, -0.2) is 8.78 Å². The third kappa shape index (κ3) is 6.93. The van der Waals surface area contributed by atoms with Crippen LogP contribution in [0.5, 0.6) is 5.75 Å². The molecule has 1 heterocycles. The third-order valence-electron chi connectivity index (χ3n) is 6.19. The zero-order valence-corrected chi connectivity index (χ0v) is 20.8. The van der Waals surface area contributed by atoms with Crippen molar-refractivity contribution in [2.45, 2.75) is 38.5 Å². The Balaban J connectivity index is 1.49. The molecule has 0 saturated carbocycles. The summed E-state index contributed by atoms with van der Waals surface area (Å²) in [6.07, 6.45) is -0.111. The lowest BCUT2D eigenvalue weighted by molar-refractivity contribution is 0.0806. The molecule has 8 heteroatoms. The Labute approximate surface area is 214 Å². The number of ether oxygens (including phenoxy) is 1. The van der Waals surface area contributed by atoms with Crippen LogP contribution in [0.4, 0.5) is 8.78 Å². The number of aliphatic hydroxyl groups is 1. The minimum absolute atomic E-state index is 0.0165. The van der Waals surface area contributed by atoms with E-state index in [2.05, 4.69) is 29.7 Å². The van der Waals surface area contributed by atoms with E-state index in [1.54, 1.807) is 24.3 Å². The lowest BCUT2D eigenvalue weighted by atomic mass is 10.00. The smallest absolute Gasteiger partial charge is 0.287 e. The maximum atomic E-state index is 13.8. The highest BCUT2D eigenvalue weighted by atomic mass is 19.1. The second kappa shape index (κ2) is 12.0. The molecule has 0 unspecified atom stereocenters. The van der Waals surface area contributed by atoms with Crippen LogP contribution in [0.3, 0.4) is 0 Å². The molecule has 1 aromatic heterocycles. The summed E-state index contributed by atoms with van der Waals surface area (Å²) in [6.45, 7) is 2.75. The molecule has 3 N–H and O–H groups in total. The largest absolute Gasteiger partial charge is 0.497 e. The maximum absolute atomic E-state index is 13.8. The highest BCUT2D eigenvalue weighted by Gasteiger charge is 2.24. The van der Waals surface area contributed by atoms with E-state index in [4.69, 9.17) is 9.15 Å². The van der Waals surface area contributed by atoms with Crippen molar-refractivity contribution in [3.8, 4) is 5.75 Å². The summed E-state index contributed by atoms with van der Waals surface area (Å²) in [6, 6.07) is 17.2. The van der Waals surface area contributed by atoms with Gasteiger partial charge in [-0.15, -0.1) is 0 Å². The van der Waals surface area contributed by atoms with Gasteiger partial charge in [0.1, 0.15) is 23.0 Å². The maximum Gasteiger partial charge on any atom is 0.287 e. The molecular formula is C29H30F2N2O4. The first-order chi connectivity index (χ1) is 17.8. The number of carbonyl (C=O) groups excluding carboxylic acids is 1. The average molecular weight is 509 g/mol. The van der Waals surface area contributed by atoms with E-state index in [9.17, 15) is 18.7 Å². The van der Waals surface area contributed by atoms with Gasteiger partial charge in [0.05, 0.1) is 19.3 Å². The highest BCUT2D eigenvalue weighted by Crippen LogP contribution is 2.24. The van der Waals surface area contributed by atoms with E-state index >= 15 is 0 Å². The molecule has 1 amide bonds. The van der Waals surface area contributed by atoms with Crippen LogP contribution in [0, 0.1) is 11.6 Å². The van der Waals surface area contributed by atoms with Gasteiger partial charge in [0, 0.05) is 30.6 Å². The van der Waals surface area contributed by atoms with Crippen LogP contribution < -0.4 is 15.4 Å². The number of carbonyl (C=O) groups is 1. The van der Waals surface area contributed by atoms with Crippen LogP contribution in [0.1, 0.15) is 34.2 Å². The Morgan fingerprint density at radius 2 is 1.76 bits per heavy atom. The monoisotopic (exact) mass is 508 g/mol. The summed E-state index contributed by atoms with van der Waals surface area (Å²) in [5.74, 6) is -1.36. The predicted octanol–water partition coefficient (Wildman–Crippen LogP) is 4.77. The molecular weight excluding hydrogens is 478 g/mol. The summed E-state index contributed by atoms with van der Waals surface area (Å²) >= 11 is 0. The van der Waals surface area contributed by atoms with Crippen molar-refractivity contribution in [2.24, 2.45) is 0 Å². The van der Waals surface area contributed by atoms with Crippen molar-refractivity contribution in [2.75, 3.05) is 13.7 Å². The Bertz CT molecular complexity index is 1350. The molecule has 6 nitrogen and oxygen atoms in total. The number of hydrogen-bond donors (Lipinski definition) is 3. The molecule has 0 aliphatic heterocycles. The fourth-order valence-electron chi connectivity index (χ4n) is 4.22. The molecule has 0 spiro atoms. The molecule has 0 bridgehead atoms. The van der Waals surface area contributed by atoms with Crippen LogP contribution in [0.25, 0.3) is 11.0 Å². The van der Waals surface area contributed by atoms with Gasteiger partial charge in [-0.05, 0) is 59.9 Å². The Kier molecular flexibility index (Phi) is 8.53. The van der Waals surface area contributed by atoms with Gasteiger partial charge in [0.2, 0.25) is 0 Å². The second-order valence-corrected chi connectivity index (χ2v) is 8.95. The van der Waals surface area contributed by atoms with Crippen molar-refractivity contribution in [3.63, 3.8) is 0 Å². The lowest BCUT2D eigenvalue weighted by Crippen LogP contribution is -2.48. The van der Waals surface area contributed by atoms with Crippen LogP contribution in [0.15, 0.2) is 71.1 Å². The number of hydrogen-bond acceptors (Lipinski definition) is 5. The van der Waals surface area contributed by atoms with E-state index in [-0.39, 0.29) is 18.7 Å². The first kappa shape index (κ1) is 26.3. The van der Waals surface area contributed by atoms with Crippen molar-refractivity contribution in [1.29, 1.82) is 0 Å². The van der Waals surface area contributed by atoms with Crippen molar-refractivity contribution < 1.29 is 27.8 Å². The molecule has 4 aromatic rings. The molecule has 0 radical (unpaired) electrons. The molecule has 0 saturated heterocycles. The molecule has 0 fully saturated rings. The normalized spacial score (nSPS) is 12.9. The number of aryl methyl sites for hydroxylation is 1. The van der Waals surface area contributed by atoms with E-state index < -0.39 is 29.7 Å². The number of methoxy groups -OCH3 is 1. The number of aliphatic hydroxyl groups excluding tert-OH is 1. The van der Waals surface area contributed by atoms with Crippen LogP contribution >= 0.6 is 0 Å². The number of furan rings is 1. The number of halogens is 2. The lowest BCUT2D eigenvalue weighted by Gasteiger charge is -2.24. The van der Waals surface area contributed by atoms with E-state index in [0.29, 0.717) is 28.8 Å². The van der Waals surface area contributed by atoms with Crippen LogP contribution in [0.2, 0.25) is 0 Å². The number of amides is 1. The summed E-state index contributed by atoms with van der Waals surface area (Å²) in [5, 5.41) is 17.7. The number of nitrogens with one attached hydrogen (secondary N) is 2. The second-order valence-electron chi connectivity index (χ2n) is 8.95. The minimum Gasteiger partial charge on any atom is -0.497 e. The van der Waals surface area contributed by atoms with Crippen molar-refractivity contribution >= 4 is 16.9 Å². The third-order valence-corrected chi connectivity index (χ3v) is 6.19. The molecule has 0 aliphatic carbocycles. The molecule has 37 heavy (non-hydrogen) atoms. The Morgan fingerprint density at radius 1 is 1.00 bits per heavy atom. The average Bonchev–Trinajstić information content (AvgIpc) is 3.31. The SMILES string of the molecule is CCc1cccc(CNC[C@H](O)[C@H](Cc2cc(F)cc(F)c2)NC(=O)c2cc3ccc(OC)cc3o2)c1. The molecule has 2 atom stereocenters. The number of benzene rings is 3. The van der Waals surface area contributed by atoms with Gasteiger partial charge < -0.3 is 24.9 Å². The van der Waals surface area contributed by atoms with E-state index in [1.165, 1.54) is 24.8 Å². The minimum atomic E-state index is -1.05. The summed E-state index contributed by atoms with van der Waals surface area (Å²) in [7, 11) is 1.54. The fraction of sp³-hybridized carbons (Fsp3) is 0.276. The quantitative estimate of drug-likeness (QED) is 0.272. The number of rotatable bonds is 11. The molecule has 0 aliphatic rings. The van der Waals surface area contributed by atoms with E-state index in [0.717, 1.165) is 18.1 Å². The van der Waals surface area contributed by atoms with Gasteiger partial charge in [0.15, 0.2) is 5.76 Å². The summed E-state index contributed by atoms with van der Waals surface area (Å²) in [4.78, 5) is 13.1. The van der Waals surface area contributed by atoms with Gasteiger partial charge in [-0.3, -0.25) is 4.79 Å². The van der Waals surface area contributed by atoms with Crippen molar-refractivity contribution in [1.82, 2.24) is 10.6 Å². The van der Waals surface area contributed by atoms with Gasteiger partial charge >= 0.3 is 0 Å². The topological polar surface area (TPSA) is 83.7 Å². The highest BCUT2D eigenvalue weighted by molar-refractivity contribution is 5.96.